The van der Waals surface area contributed by atoms with Gasteiger partial charge in [0.1, 0.15) is 22.9 Å². The van der Waals surface area contributed by atoms with Crippen LogP contribution in [0.3, 0.4) is 0 Å². The first-order valence-electron chi connectivity index (χ1n) is 9.62. The summed E-state index contributed by atoms with van der Waals surface area (Å²) in [6.45, 7) is 3.88. The molecule has 2 heterocycles. The molecule has 30 heavy (non-hydrogen) atoms. The minimum absolute atomic E-state index is 0.0682. The Balaban J connectivity index is 2.02. The zero-order chi connectivity index (χ0) is 21.4. The van der Waals surface area contributed by atoms with Crippen molar-refractivity contribution in [1.82, 2.24) is 15.1 Å². The summed E-state index contributed by atoms with van der Waals surface area (Å²) in [7, 11) is 3.41. The smallest absolute Gasteiger partial charge is 0.255 e. The lowest BCUT2D eigenvalue weighted by molar-refractivity contribution is 0.0964. The van der Waals surface area contributed by atoms with Crippen LogP contribution >= 0.6 is 0 Å². The fourth-order valence-electron chi connectivity index (χ4n) is 3.47. The largest absolute Gasteiger partial charge is 0.490 e. The molecule has 1 N–H and O–H groups in total. The number of nitrogens with zero attached hydrogens (tertiary/aromatic N) is 2. The van der Waals surface area contributed by atoms with E-state index in [1.165, 1.54) is 12.1 Å². The molecule has 0 aliphatic heterocycles. The Kier molecular flexibility index (Phi) is 5.03. The Morgan fingerprint density at radius 1 is 1.20 bits per heavy atom. The van der Waals surface area contributed by atoms with Crippen LogP contribution in [0.2, 0.25) is 0 Å². The third-order valence-electron chi connectivity index (χ3n) is 4.81. The molecule has 0 radical (unpaired) electrons. The zero-order valence-corrected chi connectivity index (χ0v) is 17.2. The SMILES string of the molecule is CNC(=O)c1c(-c2ccc(F)cc2)oc2cc(-c3ccnn3C)c(OC(C)C)cc12. The predicted molar refractivity (Wildman–Crippen MR) is 113 cm³/mol. The average Bonchev–Trinajstić information content (AvgIpc) is 3.30. The number of nitrogens with one attached hydrogen (secondary N) is 1. The van der Waals surface area contributed by atoms with Gasteiger partial charge in [0.2, 0.25) is 0 Å². The summed E-state index contributed by atoms with van der Waals surface area (Å²) in [5, 5.41) is 7.53. The molecule has 0 spiro atoms. The summed E-state index contributed by atoms with van der Waals surface area (Å²) < 4.78 is 27.4. The van der Waals surface area contributed by atoms with E-state index in [9.17, 15) is 9.18 Å². The van der Waals surface area contributed by atoms with Gasteiger partial charge in [0.05, 0.1) is 17.4 Å². The second kappa shape index (κ2) is 7.67. The molecule has 0 aliphatic carbocycles. The highest BCUT2D eigenvalue weighted by Gasteiger charge is 2.24. The van der Waals surface area contributed by atoms with Crippen molar-refractivity contribution in [1.29, 1.82) is 0 Å². The third kappa shape index (κ3) is 3.43. The lowest BCUT2D eigenvalue weighted by atomic mass is 10.0. The van der Waals surface area contributed by atoms with E-state index in [-0.39, 0.29) is 17.8 Å². The highest BCUT2D eigenvalue weighted by atomic mass is 19.1. The van der Waals surface area contributed by atoms with E-state index in [0.29, 0.717) is 33.6 Å². The van der Waals surface area contributed by atoms with Crippen molar-refractivity contribution < 1.29 is 18.3 Å². The molecule has 6 nitrogen and oxygen atoms in total. The summed E-state index contributed by atoms with van der Waals surface area (Å²) in [6.07, 6.45) is 1.64. The van der Waals surface area contributed by atoms with Gasteiger partial charge in [-0.1, -0.05) is 0 Å². The number of halogens is 1. The minimum Gasteiger partial charge on any atom is -0.490 e. The first kappa shape index (κ1) is 19.7. The molecule has 154 valence electrons. The molecule has 0 saturated carbocycles. The van der Waals surface area contributed by atoms with E-state index in [4.69, 9.17) is 9.15 Å². The number of aryl methyl sites for hydroxylation is 1. The van der Waals surface area contributed by atoms with Crippen LogP contribution in [0.25, 0.3) is 33.6 Å². The molecule has 0 fully saturated rings. The van der Waals surface area contributed by atoms with Crippen molar-refractivity contribution in [3.8, 4) is 28.3 Å². The number of hydrogen-bond donors (Lipinski definition) is 1. The highest BCUT2D eigenvalue weighted by Crippen LogP contribution is 2.40. The van der Waals surface area contributed by atoms with Gasteiger partial charge in [-0.3, -0.25) is 9.48 Å². The van der Waals surface area contributed by atoms with Crippen LogP contribution in [-0.2, 0) is 7.05 Å². The number of ether oxygens (including phenoxy) is 1. The number of carbonyl (C=O) groups is 1. The molecule has 4 aromatic rings. The van der Waals surface area contributed by atoms with Crippen LogP contribution in [-0.4, -0.2) is 28.8 Å². The van der Waals surface area contributed by atoms with Crippen molar-refractivity contribution in [2.45, 2.75) is 20.0 Å². The van der Waals surface area contributed by atoms with Gasteiger partial charge in [-0.25, -0.2) is 4.39 Å². The van der Waals surface area contributed by atoms with Crippen LogP contribution in [0.1, 0.15) is 24.2 Å². The van der Waals surface area contributed by atoms with Crippen molar-refractivity contribution in [2.24, 2.45) is 7.05 Å². The molecule has 2 aromatic heterocycles. The second-order valence-electron chi connectivity index (χ2n) is 7.24. The van der Waals surface area contributed by atoms with E-state index in [0.717, 1.165) is 11.3 Å². The molecule has 0 atom stereocenters. The number of benzene rings is 2. The monoisotopic (exact) mass is 407 g/mol. The molecule has 1 amide bonds. The highest BCUT2D eigenvalue weighted by molar-refractivity contribution is 6.12. The fraction of sp³-hybridized carbons (Fsp3) is 0.217. The van der Waals surface area contributed by atoms with Gasteiger partial charge in [0, 0.05) is 36.8 Å². The number of carbonyl (C=O) groups excluding carboxylic acids is 1. The molecular weight excluding hydrogens is 385 g/mol. The zero-order valence-electron chi connectivity index (χ0n) is 17.2. The summed E-state index contributed by atoms with van der Waals surface area (Å²) in [6, 6.07) is 11.4. The second-order valence-corrected chi connectivity index (χ2v) is 7.24. The van der Waals surface area contributed by atoms with Gasteiger partial charge < -0.3 is 14.5 Å². The van der Waals surface area contributed by atoms with Gasteiger partial charge in [-0.15, -0.1) is 0 Å². The quantitative estimate of drug-likeness (QED) is 0.517. The van der Waals surface area contributed by atoms with E-state index in [1.54, 1.807) is 30.1 Å². The summed E-state index contributed by atoms with van der Waals surface area (Å²) >= 11 is 0. The molecule has 2 aromatic carbocycles. The Labute approximate surface area is 173 Å². The average molecular weight is 407 g/mol. The van der Waals surface area contributed by atoms with E-state index in [1.807, 2.05) is 39.1 Å². The summed E-state index contributed by atoms with van der Waals surface area (Å²) in [5.41, 5.74) is 3.18. The lowest BCUT2D eigenvalue weighted by Crippen LogP contribution is -2.18. The van der Waals surface area contributed by atoms with Crippen LogP contribution in [0, 0.1) is 5.82 Å². The van der Waals surface area contributed by atoms with Gasteiger partial charge >= 0.3 is 0 Å². The molecule has 0 saturated heterocycles. The number of amides is 1. The Hall–Kier alpha value is -3.61. The van der Waals surface area contributed by atoms with Gasteiger partial charge in [0.15, 0.2) is 0 Å². The van der Waals surface area contributed by atoms with Crippen molar-refractivity contribution in [2.75, 3.05) is 7.05 Å². The predicted octanol–water partition coefficient (Wildman–Crippen LogP) is 4.79. The maximum atomic E-state index is 13.4. The molecule has 0 aliphatic rings. The van der Waals surface area contributed by atoms with Crippen LogP contribution in [0.15, 0.2) is 53.1 Å². The van der Waals surface area contributed by atoms with Gasteiger partial charge in [-0.2, -0.15) is 5.10 Å². The number of furan rings is 1. The Morgan fingerprint density at radius 2 is 1.93 bits per heavy atom. The molecular formula is C23H22FN3O3. The van der Waals surface area contributed by atoms with Crippen molar-refractivity contribution in [3.63, 3.8) is 0 Å². The van der Waals surface area contributed by atoms with Gasteiger partial charge in [0.25, 0.3) is 5.91 Å². The third-order valence-corrected chi connectivity index (χ3v) is 4.81. The summed E-state index contributed by atoms with van der Waals surface area (Å²) in [5.74, 6) is 0.346. The number of aromatic nitrogens is 2. The van der Waals surface area contributed by atoms with Gasteiger partial charge in [-0.05, 0) is 56.3 Å². The molecule has 7 heteroatoms. The standard InChI is InChI=1S/C23H22FN3O3/c1-13(2)29-19-12-17-20(11-16(19)18-9-10-26-27(18)4)30-22(21(17)23(28)25-3)14-5-7-15(24)8-6-14/h5-13H,1-4H3,(H,25,28). The first-order chi connectivity index (χ1) is 14.4. The van der Waals surface area contributed by atoms with E-state index < -0.39 is 0 Å². The topological polar surface area (TPSA) is 69.3 Å². The molecule has 4 rings (SSSR count). The maximum absolute atomic E-state index is 13.4. The summed E-state index contributed by atoms with van der Waals surface area (Å²) in [4.78, 5) is 12.8. The lowest BCUT2D eigenvalue weighted by Gasteiger charge is -2.15. The van der Waals surface area contributed by atoms with E-state index in [2.05, 4.69) is 10.4 Å². The minimum atomic E-state index is -0.359. The number of fused-ring (bicyclic) bond motifs is 1. The van der Waals surface area contributed by atoms with E-state index >= 15 is 0 Å². The molecule has 0 bridgehead atoms. The molecule has 0 unspecified atom stereocenters. The van der Waals surface area contributed by atoms with Crippen LogP contribution in [0.5, 0.6) is 5.75 Å². The Morgan fingerprint density at radius 3 is 2.53 bits per heavy atom. The van der Waals surface area contributed by atoms with Crippen LogP contribution < -0.4 is 10.1 Å². The number of rotatable bonds is 5. The normalized spacial score (nSPS) is 11.3. The van der Waals surface area contributed by atoms with Crippen molar-refractivity contribution in [3.05, 3.63) is 60.0 Å². The maximum Gasteiger partial charge on any atom is 0.255 e. The van der Waals surface area contributed by atoms with Crippen LogP contribution in [0.4, 0.5) is 4.39 Å². The Bertz CT molecular complexity index is 1220. The van der Waals surface area contributed by atoms with Crippen molar-refractivity contribution >= 4 is 16.9 Å². The fourth-order valence-corrected chi connectivity index (χ4v) is 3.47. The first-order valence-corrected chi connectivity index (χ1v) is 9.62. The number of hydrogen-bond acceptors (Lipinski definition) is 4.